The number of carbonyl (C=O) groups excluding carboxylic acids is 1. The number of nitrogens with zero attached hydrogens (tertiary/aromatic N) is 2. The third kappa shape index (κ3) is 3.16. The lowest BCUT2D eigenvalue weighted by Gasteiger charge is -2.22. The highest BCUT2D eigenvalue weighted by Gasteiger charge is 2.29. The molecule has 0 saturated heterocycles. The van der Waals surface area contributed by atoms with Gasteiger partial charge in [-0.15, -0.1) is 0 Å². The second kappa shape index (κ2) is 5.96. The minimum Gasteiger partial charge on any atom is -0.506 e. The summed E-state index contributed by atoms with van der Waals surface area (Å²) in [5.41, 5.74) is 3.46. The number of amides is 1. The van der Waals surface area contributed by atoms with Crippen LogP contribution in [0.3, 0.4) is 0 Å². The SMILES string of the molecule is Cn1cc2c(n1)CCC[C@@H]2C(=O)Nc1ccc(C(C)(C)C)cc1O. The zero-order chi connectivity index (χ0) is 17.5. The van der Waals surface area contributed by atoms with Crippen LogP contribution in [-0.2, 0) is 23.7 Å². The molecular formula is C19H25N3O2. The summed E-state index contributed by atoms with van der Waals surface area (Å²) in [6.07, 6.45) is 4.62. The molecular weight excluding hydrogens is 302 g/mol. The van der Waals surface area contributed by atoms with Crippen LogP contribution < -0.4 is 5.32 Å². The van der Waals surface area contributed by atoms with Crippen LogP contribution in [0.25, 0.3) is 0 Å². The van der Waals surface area contributed by atoms with Crippen molar-refractivity contribution < 1.29 is 9.90 Å². The Balaban J connectivity index is 1.81. The minimum absolute atomic E-state index is 0.0476. The van der Waals surface area contributed by atoms with Crippen molar-refractivity contribution >= 4 is 11.6 Å². The number of aromatic hydroxyl groups is 1. The van der Waals surface area contributed by atoms with E-state index in [-0.39, 0.29) is 23.0 Å². The fourth-order valence-electron chi connectivity index (χ4n) is 3.26. The van der Waals surface area contributed by atoms with Crippen LogP contribution in [0.15, 0.2) is 24.4 Å². The third-order valence-corrected chi connectivity index (χ3v) is 4.66. The van der Waals surface area contributed by atoms with E-state index in [1.807, 2.05) is 19.3 Å². The van der Waals surface area contributed by atoms with Crippen molar-refractivity contribution in [3.8, 4) is 5.75 Å². The second-order valence-corrected chi connectivity index (χ2v) is 7.62. The fraction of sp³-hybridized carbons (Fsp3) is 0.474. The molecule has 2 aromatic rings. The Hall–Kier alpha value is -2.30. The summed E-state index contributed by atoms with van der Waals surface area (Å²) in [7, 11) is 1.88. The fourth-order valence-corrected chi connectivity index (χ4v) is 3.26. The van der Waals surface area contributed by atoms with Gasteiger partial charge in [0.2, 0.25) is 5.91 Å². The molecule has 1 amide bonds. The van der Waals surface area contributed by atoms with E-state index in [2.05, 4.69) is 31.2 Å². The van der Waals surface area contributed by atoms with E-state index in [9.17, 15) is 9.90 Å². The summed E-state index contributed by atoms with van der Waals surface area (Å²) in [5, 5.41) is 17.6. The Morgan fingerprint density at radius 2 is 2.12 bits per heavy atom. The van der Waals surface area contributed by atoms with Gasteiger partial charge in [0.1, 0.15) is 5.75 Å². The standard InChI is InChI=1S/C19H25N3O2/c1-19(2,3)12-8-9-16(17(23)10-12)20-18(24)13-6-5-7-15-14(13)11-22(4)21-15/h8-11,13,23H,5-7H2,1-4H3,(H,20,24)/t13-/m0/s1. The molecule has 0 fully saturated rings. The van der Waals surface area contributed by atoms with Crippen LogP contribution in [0.4, 0.5) is 5.69 Å². The van der Waals surface area contributed by atoms with Gasteiger partial charge in [0.15, 0.2) is 0 Å². The quantitative estimate of drug-likeness (QED) is 0.830. The van der Waals surface area contributed by atoms with Crippen LogP contribution in [0.1, 0.15) is 56.4 Å². The summed E-state index contributed by atoms with van der Waals surface area (Å²) in [4.78, 5) is 12.7. The third-order valence-electron chi connectivity index (χ3n) is 4.66. The largest absolute Gasteiger partial charge is 0.506 e. The van der Waals surface area contributed by atoms with E-state index in [1.54, 1.807) is 16.8 Å². The number of nitrogens with one attached hydrogen (secondary N) is 1. The molecule has 0 bridgehead atoms. The molecule has 128 valence electrons. The van der Waals surface area contributed by atoms with Crippen LogP contribution in [-0.4, -0.2) is 20.8 Å². The summed E-state index contributed by atoms with van der Waals surface area (Å²) in [5.74, 6) is -0.176. The number of phenols is 1. The summed E-state index contributed by atoms with van der Waals surface area (Å²) in [6.45, 7) is 6.27. The lowest BCUT2D eigenvalue weighted by Crippen LogP contribution is -2.24. The minimum atomic E-state index is -0.204. The second-order valence-electron chi connectivity index (χ2n) is 7.62. The molecule has 1 aliphatic carbocycles. The Morgan fingerprint density at radius 3 is 2.79 bits per heavy atom. The highest BCUT2D eigenvalue weighted by molar-refractivity contribution is 5.97. The van der Waals surface area contributed by atoms with Crippen molar-refractivity contribution in [2.24, 2.45) is 7.05 Å². The highest BCUT2D eigenvalue weighted by atomic mass is 16.3. The first-order valence-corrected chi connectivity index (χ1v) is 8.42. The highest BCUT2D eigenvalue weighted by Crippen LogP contribution is 2.34. The maximum absolute atomic E-state index is 12.7. The lowest BCUT2D eigenvalue weighted by atomic mass is 9.86. The van der Waals surface area contributed by atoms with Gasteiger partial charge in [-0.1, -0.05) is 26.8 Å². The molecule has 0 unspecified atom stereocenters. The average molecular weight is 327 g/mol. The number of aryl methyl sites for hydroxylation is 2. The van der Waals surface area contributed by atoms with Gasteiger partial charge in [-0.25, -0.2) is 0 Å². The molecule has 24 heavy (non-hydrogen) atoms. The van der Waals surface area contributed by atoms with E-state index in [0.29, 0.717) is 5.69 Å². The predicted molar refractivity (Wildman–Crippen MR) is 94.3 cm³/mol. The molecule has 1 aromatic carbocycles. The van der Waals surface area contributed by atoms with Crippen molar-refractivity contribution in [2.45, 2.75) is 51.4 Å². The van der Waals surface area contributed by atoms with Crippen LogP contribution in [0.2, 0.25) is 0 Å². The van der Waals surface area contributed by atoms with E-state index >= 15 is 0 Å². The number of carbonyl (C=O) groups is 1. The summed E-state index contributed by atoms with van der Waals surface area (Å²) < 4.78 is 1.77. The van der Waals surface area contributed by atoms with Crippen molar-refractivity contribution in [1.82, 2.24) is 9.78 Å². The van der Waals surface area contributed by atoms with Crippen LogP contribution >= 0.6 is 0 Å². The molecule has 0 radical (unpaired) electrons. The Morgan fingerprint density at radius 1 is 1.38 bits per heavy atom. The normalized spacial score (nSPS) is 17.4. The van der Waals surface area contributed by atoms with E-state index in [1.165, 1.54) is 0 Å². The molecule has 0 spiro atoms. The Kier molecular flexibility index (Phi) is 4.11. The first-order chi connectivity index (χ1) is 11.3. The number of hydrogen-bond donors (Lipinski definition) is 2. The van der Waals surface area contributed by atoms with E-state index in [4.69, 9.17) is 0 Å². The molecule has 1 atom stereocenters. The molecule has 3 rings (SSSR count). The first kappa shape index (κ1) is 16.6. The monoisotopic (exact) mass is 327 g/mol. The maximum Gasteiger partial charge on any atom is 0.232 e. The van der Waals surface area contributed by atoms with Gasteiger partial charge in [-0.3, -0.25) is 9.48 Å². The number of phenolic OH excluding ortho intramolecular Hbond substituents is 1. The molecule has 1 heterocycles. The summed E-state index contributed by atoms with van der Waals surface area (Å²) in [6, 6.07) is 5.46. The number of aromatic nitrogens is 2. The first-order valence-electron chi connectivity index (χ1n) is 8.42. The number of anilines is 1. The van der Waals surface area contributed by atoms with Gasteiger partial charge < -0.3 is 10.4 Å². The van der Waals surface area contributed by atoms with Gasteiger partial charge in [-0.05, 0) is 42.4 Å². The maximum atomic E-state index is 12.7. The van der Waals surface area contributed by atoms with Gasteiger partial charge in [0.25, 0.3) is 0 Å². The average Bonchev–Trinajstić information content (AvgIpc) is 2.88. The number of fused-ring (bicyclic) bond motifs is 1. The van der Waals surface area contributed by atoms with Crippen molar-refractivity contribution in [2.75, 3.05) is 5.32 Å². The van der Waals surface area contributed by atoms with Crippen molar-refractivity contribution in [3.63, 3.8) is 0 Å². The molecule has 2 N–H and O–H groups in total. The van der Waals surface area contributed by atoms with Gasteiger partial charge in [0, 0.05) is 18.8 Å². The Labute approximate surface area is 142 Å². The van der Waals surface area contributed by atoms with E-state index < -0.39 is 0 Å². The van der Waals surface area contributed by atoms with Crippen LogP contribution in [0, 0.1) is 0 Å². The number of hydrogen-bond acceptors (Lipinski definition) is 3. The lowest BCUT2D eigenvalue weighted by molar-refractivity contribution is -0.117. The molecule has 1 aliphatic rings. The zero-order valence-corrected chi connectivity index (χ0v) is 14.8. The van der Waals surface area contributed by atoms with Crippen LogP contribution in [0.5, 0.6) is 5.75 Å². The van der Waals surface area contributed by atoms with Gasteiger partial charge in [0.05, 0.1) is 17.3 Å². The Bertz CT molecular complexity index is 771. The molecule has 0 saturated carbocycles. The molecule has 0 aliphatic heterocycles. The zero-order valence-electron chi connectivity index (χ0n) is 14.8. The molecule has 5 heteroatoms. The van der Waals surface area contributed by atoms with Crippen molar-refractivity contribution in [3.05, 3.63) is 41.2 Å². The van der Waals surface area contributed by atoms with E-state index in [0.717, 1.165) is 36.1 Å². The number of rotatable bonds is 2. The predicted octanol–water partition coefficient (Wildman–Crippen LogP) is 3.48. The smallest absolute Gasteiger partial charge is 0.232 e. The summed E-state index contributed by atoms with van der Waals surface area (Å²) >= 11 is 0. The van der Waals surface area contributed by atoms with Gasteiger partial charge >= 0.3 is 0 Å². The van der Waals surface area contributed by atoms with Crippen molar-refractivity contribution in [1.29, 1.82) is 0 Å². The topological polar surface area (TPSA) is 67.2 Å². The van der Waals surface area contributed by atoms with Gasteiger partial charge in [-0.2, -0.15) is 5.10 Å². The molecule has 5 nitrogen and oxygen atoms in total. The molecule has 1 aromatic heterocycles. The number of benzene rings is 1.